The van der Waals surface area contributed by atoms with Gasteiger partial charge in [-0.05, 0) is 6.07 Å². The average molecular weight is 180 g/mol. The molecule has 68 valence electrons. The maximum Gasteiger partial charge on any atom is 0.418 e. The van der Waals surface area contributed by atoms with E-state index in [9.17, 15) is 13.2 Å². The van der Waals surface area contributed by atoms with E-state index in [-0.39, 0.29) is 5.82 Å². The van der Waals surface area contributed by atoms with Gasteiger partial charge in [0.1, 0.15) is 12.9 Å². The zero-order valence-electron chi connectivity index (χ0n) is 6.22. The van der Waals surface area contributed by atoms with E-state index in [1.807, 2.05) is 0 Å². The van der Waals surface area contributed by atoms with Crippen molar-refractivity contribution in [1.82, 2.24) is 4.73 Å². The van der Waals surface area contributed by atoms with Crippen LogP contribution in [0.1, 0.15) is 5.56 Å². The number of nitrogens with zero attached hydrogens (tertiary/aromatic N) is 1. The van der Waals surface area contributed by atoms with Crippen molar-refractivity contribution in [1.29, 1.82) is 0 Å². The minimum atomic E-state index is -4.38. The highest BCUT2D eigenvalue weighted by atomic mass is 19.4. The number of nitrogens with two attached hydrogens (primary N) is 1. The van der Waals surface area contributed by atoms with Crippen LogP contribution in [0.3, 0.4) is 0 Å². The van der Waals surface area contributed by atoms with E-state index in [0.29, 0.717) is 0 Å². The van der Waals surface area contributed by atoms with Gasteiger partial charge in [0, 0.05) is 0 Å². The van der Waals surface area contributed by atoms with Gasteiger partial charge in [0.25, 0.3) is 0 Å². The molecule has 0 unspecified atom stereocenters. The number of anilines is 1. The maximum absolute atomic E-state index is 12.0. The molecule has 1 heterocycles. The molecule has 12 heavy (non-hydrogen) atoms. The number of alkyl halides is 3. The first-order chi connectivity index (χ1) is 5.45. The van der Waals surface area contributed by atoms with Crippen LogP contribution in [0.15, 0.2) is 12.3 Å². The van der Waals surface area contributed by atoms with E-state index >= 15 is 0 Å². The number of nitrogen functional groups attached to an aromatic ring is 1. The molecule has 6 heteroatoms. The molecular weight excluding hydrogens is 173 g/mol. The number of hydrogen-bond acceptors (Lipinski definition) is 2. The minimum Gasteiger partial charge on any atom is -0.416 e. The lowest BCUT2D eigenvalue weighted by Gasteiger charge is -2.01. The molecule has 3 nitrogen and oxygen atoms in total. The Morgan fingerprint density at radius 3 is 2.33 bits per heavy atom. The second kappa shape index (κ2) is 2.62. The fourth-order valence-corrected chi connectivity index (χ4v) is 0.774. The highest BCUT2D eigenvalue weighted by molar-refractivity contribution is 5.36. The summed E-state index contributed by atoms with van der Waals surface area (Å²) in [5.41, 5.74) is 4.37. The Kier molecular flexibility index (Phi) is 1.91. The largest absolute Gasteiger partial charge is 0.418 e. The molecule has 0 aromatic carbocycles. The summed E-state index contributed by atoms with van der Waals surface area (Å²) < 4.78 is 36.8. The molecule has 0 spiro atoms. The van der Waals surface area contributed by atoms with Crippen LogP contribution >= 0.6 is 0 Å². The Balaban J connectivity index is 3.05. The van der Waals surface area contributed by atoms with Crippen molar-refractivity contribution in [3.05, 3.63) is 17.8 Å². The lowest BCUT2D eigenvalue weighted by molar-refractivity contribution is -0.137. The van der Waals surface area contributed by atoms with Gasteiger partial charge in [-0.15, -0.1) is 0 Å². The van der Waals surface area contributed by atoms with Crippen molar-refractivity contribution in [2.45, 2.75) is 6.18 Å². The number of aromatic nitrogens is 1. The van der Waals surface area contributed by atoms with Gasteiger partial charge in [-0.3, -0.25) is 0 Å². The van der Waals surface area contributed by atoms with Gasteiger partial charge < -0.3 is 10.6 Å². The molecule has 0 aliphatic carbocycles. The second-order valence-electron chi connectivity index (χ2n) is 2.16. The normalized spacial score (nSPS) is 11.7. The highest BCUT2D eigenvalue weighted by Gasteiger charge is 2.32. The van der Waals surface area contributed by atoms with Crippen molar-refractivity contribution in [3.8, 4) is 0 Å². The number of halogens is 3. The summed E-state index contributed by atoms with van der Waals surface area (Å²) in [5, 5.41) is 0. The van der Waals surface area contributed by atoms with Gasteiger partial charge in [0.05, 0.1) is 11.8 Å². The summed E-state index contributed by atoms with van der Waals surface area (Å²) in [5.74, 6) is -0.0789. The third kappa shape index (κ3) is 1.46. The van der Waals surface area contributed by atoms with Crippen molar-refractivity contribution < 1.29 is 18.0 Å². The van der Waals surface area contributed by atoms with Crippen LogP contribution in [0, 0.1) is 0 Å². The first kappa shape index (κ1) is 8.76. The van der Waals surface area contributed by atoms with Crippen molar-refractivity contribution >= 4 is 5.82 Å². The fourth-order valence-electron chi connectivity index (χ4n) is 0.774. The topological polar surface area (TPSA) is 40.2 Å². The molecule has 0 radical (unpaired) electrons. The van der Waals surface area contributed by atoms with Crippen LogP contribution in [0.5, 0.6) is 0 Å². The molecule has 0 saturated carbocycles. The molecule has 0 bridgehead atoms. The molecule has 0 aliphatic rings. The van der Waals surface area contributed by atoms with Crippen molar-refractivity contribution in [2.75, 3.05) is 12.8 Å². The van der Waals surface area contributed by atoms with Crippen molar-refractivity contribution in [2.24, 2.45) is 0 Å². The van der Waals surface area contributed by atoms with E-state index in [0.717, 1.165) is 17.0 Å². The van der Waals surface area contributed by atoms with E-state index in [4.69, 9.17) is 5.73 Å². The minimum absolute atomic E-state index is 0.0789. The van der Waals surface area contributed by atoms with Crippen LogP contribution < -0.4 is 10.6 Å². The molecular formula is C6H7F3N2O. The van der Waals surface area contributed by atoms with Crippen LogP contribution in [0.2, 0.25) is 0 Å². The van der Waals surface area contributed by atoms with E-state index < -0.39 is 11.7 Å². The lowest BCUT2D eigenvalue weighted by atomic mass is 10.3. The van der Waals surface area contributed by atoms with Gasteiger partial charge in [0.15, 0.2) is 0 Å². The summed E-state index contributed by atoms with van der Waals surface area (Å²) in [6.07, 6.45) is -3.59. The van der Waals surface area contributed by atoms with Gasteiger partial charge in [-0.1, -0.05) is 0 Å². The van der Waals surface area contributed by atoms with E-state index in [1.54, 1.807) is 0 Å². The Morgan fingerprint density at radius 2 is 2.08 bits per heavy atom. The Hall–Kier alpha value is -1.33. The lowest BCUT2D eigenvalue weighted by Crippen LogP contribution is -2.08. The van der Waals surface area contributed by atoms with Crippen LogP contribution in [-0.4, -0.2) is 11.8 Å². The van der Waals surface area contributed by atoms with Gasteiger partial charge in [-0.25, -0.2) is 0 Å². The zero-order chi connectivity index (χ0) is 9.35. The molecule has 0 amide bonds. The molecule has 0 aliphatic heterocycles. The smallest absolute Gasteiger partial charge is 0.416 e. The van der Waals surface area contributed by atoms with Gasteiger partial charge in [-0.2, -0.15) is 17.9 Å². The monoisotopic (exact) mass is 180 g/mol. The summed E-state index contributed by atoms with van der Waals surface area (Å²) in [6, 6.07) is 0.809. The second-order valence-corrected chi connectivity index (χ2v) is 2.16. The predicted octanol–water partition coefficient (Wildman–Crippen LogP) is 1.15. The van der Waals surface area contributed by atoms with E-state index in [2.05, 4.69) is 4.84 Å². The maximum atomic E-state index is 12.0. The van der Waals surface area contributed by atoms with Crippen LogP contribution in [0.25, 0.3) is 0 Å². The quantitative estimate of drug-likeness (QED) is 0.704. The third-order valence-electron chi connectivity index (χ3n) is 1.34. The van der Waals surface area contributed by atoms with Crippen molar-refractivity contribution in [3.63, 3.8) is 0 Å². The summed E-state index contributed by atoms with van der Waals surface area (Å²) >= 11 is 0. The molecule has 1 aromatic heterocycles. The Morgan fingerprint density at radius 1 is 1.50 bits per heavy atom. The predicted molar refractivity (Wildman–Crippen MR) is 36.4 cm³/mol. The molecule has 1 rings (SSSR count). The molecule has 2 N–H and O–H groups in total. The standard InChI is InChI=1S/C6H7F3N2O/c1-12-11-3-4(2-5(11)10)6(7,8)9/h2-3H,10H2,1H3. The van der Waals surface area contributed by atoms with Gasteiger partial charge in [0.2, 0.25) is 0 Å². The molecule has 1 aromatic rings. The first-order valence-electron chi connectivity index (χ1n) is 3.04. The molecule has 0 saturated heterocycles. The van der Waals surface area contributed by atoms with Crippen LogP contribution in [0.4, 0.5) is 19.0 Å². The summed E-state index contributed by atoms with van der Waals surface area (Å²) in [4.78, 5) is 4.51. The Bertz CT molecular complexity index is 279. The van der Waals surface area contributed by atoms with E-state index in [1.165, 1.54) is 7.11 Å². The van der Waals surface area contributed by atoms with Gasteiger partial charge >= 0.3 is 6.18 Å². The summed E-state index contributed by atoms with van der Waals surface area (Å²) in [7, 11) is 1.23. The molecule has 0 fully saturated rings. The molecule has 0 atom stereocenters. The summed E-state index contributed by atoms with van der Waals surface area (Å²) in [6.45, 7) is 0. The van der Waals surface area contributed by atoms with Crippen LogP contribution in [-0.2, 0) is 6.18 Å². The number of hydrogen-bond donors (Lipinski definition) is 1. The third-order valence-corrected chi connectivity index (χ3v) is 1.34. The average Bonchev–Trinajstić information content (AvgIpc) is 2.29. The first-order valence-corrected chi connectivity index (χ1v) is 3.04. The zero-order valence-corrected chi connectivity index (χ0v) is 6.22. The number of rotatable bonds is 1. The Labute approximate surface area is 66.5 Å². The highest BCUT2D eigenvalue weighted by Crippen LogP contribution is 2.30. The SMILES string of the molecule is COn1cc(C(F)(F)F)cc1N. The fraction of sp³-hybridized carbons (Fsp3) is 0.333.